The highest BCUT2D eigenvalue weighted by molar-refractivity contribution is 7.13. The van der Waals surface area contributed by atoms with Crippen LogP contribution in [0.25, 0.3) is 21.7 Å². The number of anilines is 3. The number of benzene rings is 3. The van der Waals surface area contributed by atoms with E-state index in [0.29, 0.717) is 49.8 Å². The summed E-state index contributed by atoms with van der Waals surface area (Å²) in [6.07, 6.45) is 11.1. The average Bonchev–Trinajstić information content (AvgIpc) is 4.05. The number of aryl methyl sites for hydroxylation is 2. The monoisotopic (exact) mass is 1050 g/mol. The van der Waals surface area contributed by atoms with Crippen molar-refractivity contribution in [2.24, 2.45) is 5.41 Å². The van der Waals surface area contributed by atoms with E-state index in [4.69, 9.17) is 0 Å². The van der Waals surface area contributed by atoms with Crippen LogP contribution < -0.4 is 21.3 Å². The summed E-state index contributed by atoms with van der Waals surface area (Å²) in [4.78, 5) is 78.6. The molecule has 2 saturated heterocycles. The van der Waals surface area contributed by atoms with E-state index in [9.17, 15) is 24.3 Å². The molecule has 0 aliphatic carbocycles. The minimum Gasteiger partial charge on any atom is -0.391 e. The number of aromatic nitrogens is 4. The predicted molar refractivity (Wildman–Crippen MR) is 300 cm³/mol. The van der Waals surface area contributed by atoms with E-state index in [1.807, 2.05) is 130 Å². The van der Waals surface area contributed by atoms with Crippen molar-refractivity contribution in [3.05, 3.63) is 137 Å². The van der Waals surface area contributed by atoms with Crippen molar-refractivity contribution in [2.75, 3.05) is 49.9 Å². The predicted octanol–water partition coefficient (Wildman–Crippen LogP) is 8.93. The molecule has 2 fully saturated rings. The Bertz CT molecular complexity index is 2880. The second-order valence-corrected chi connectivity index (χ2v) is 22.0. The summed E-state index contributed by atoms with van der Waals surface area (Å²) in [5.74, 6) is 0.0428. The highest BCUT2D eigenvalue weighted by Gasteiger charge is 2.43. The number of rotatable bonds is 22. The third-order valence-electron chi connectivity index (χ3n) is 14.3. The lowest BCUT2D eigenvalue weighted by molar-refractivity contribution is -0.142. The number of pyridine rings is 1. The molecule has 0 saturated carbocycles. The van der Waals surface area contributed by atoms with Crippen LogP contribution in [-0.2, 0) is 27.5 Å². The topological polar surface area (TPSA) is 198 Å². The summed E-state index contributed by atoms with van der Waals surface area (Å²) in [7, 11) is 0. The van der Waals surface area contributed by atoms with Crippen molar-refractivity contribution in [2.45, 2.75) is 117 Å². The van der Waals surface area contributed by atoms with Gasteiger partial charge >= 0.3 is 0 Å². The zero-order chi connectivity index (χ0) is 53.6. The quantitative estimate of drug-likeness (QED) is 0.0406. The summed E-state index contributed by atoms with van der Waals surface area (Å²) in [5, 5.41) is 23.5. The van der Waals surface area contributed by atoms with Crippen LogP contribution in [0.4, 0.5) is 17.3 Å². The number of piperazine rings is 1. The number of nitrogens with one attached hydrogen (secondary N) is 4. The normalized spacial score (nSPS) is 16.3. The molecule has 400 valence electrons. The second kappa shape index (κ2) is 26.2. The van der Waals surface area contributed by atoms with Crippen LogP contribution in [0.15, 0.2) is 109 Å². The number of aliphatic hydroxyl groups excluding tert-OH is 1. The van der Waals surface area contributed by atoms with Gasteiger partial charge in [-0.3, -0.25) is 29.1 Å². The Morgan fingerprint density at radius 3 is 2.26 bits per heavy atom. The molecule has 0 bridgehead atoms. The van der Waals surface area contributed by atoms with Crippen molar-refractivity contribution in [3.63, 3.8) is 0 Å². The molecule has 76 heavy (non-hydrogen) atoms. The summed E-state index contributed by atoms with van der Waals surface area (Å²) in [5.41, 5.74) is 10.2. The summed E-state index contributed by atoms with van der Waals surface area (Å²) < 4.78 is 0. The highest BCUT2D eigenvalue weighted by Crippen LogP contribution is 2.30. The third-order valence-corrected chi connectivity index (χ3v) is 15.3. The van der Waals surface area contributed by atoms with E-state index in [1.54, 1.807) is 34.8 Å². The molecule has 3 aromatic heterocycles. The number of hydrogen-bond acceptors (Lipinski definition) is 13. The number of nitrogens with zero attached hydrogens (tertiary/aromatic N) is 7. The number of amides is 4. The molecule has 2 aliphatic rings. The first kappa shape index (κ1) is 55.3. The maximum atomic E-state index is 14.1. The van der Waals surface area contributed by atoms with Crippen LogP contribution in [0.5, 0.6) is 0 Å². The lowest BCUT2D eigenvalue weighted by Crippen LogP contribution is -2.56. The van der Waals surface area contributed by atoms with Crippen molar-refractivity contribution in [1.29, 1.82) is 0 Å². The van der Waals surface area contributed by atoms with Crippen LogP contribution in [0.1, 0.15) is 105 Å². The molecule has 0 radical (unpaired) electrons. The average molecular weight is 1050 g/mol. The Balaban J connectivity index is 0.687. The van der Waals surface area contributed by atoms with E-state index in [1.165, 1.54) is 0 Å². The van der Waals surface area contributed by atoms with Gasteiger partial charge in [-0.1, -0.05) is 88.9 Å². The SMILES string of the molecule is Cc1ccc(NC(=O)c2ccc(CN3CCN(C(=O)CCCCCCCCNC(C(=O)N4CC(O)CC4C(=O)NCc4ccc(-c5scnc5C)cc4)C(C)(C)C)CC3)cc2)cc1Nc1nccc(-c2cccnc2)n1. The van der Waals surface area contributed by atoms with Gasteiger partial charge in [-0.05, 0) is 103 Å². The molecule has 3 atom stereocenters. The number of unbranched alkanes of at least 4 members (excludes halogenated alkanes) is 5. The summed E-state index contributed by atoms with van der Waals surface area (Å²) in [6.45, 7) is 14.9. The van der Waals surface area contributed by atoms with E-state index < -0.39 is 23.6 Å². The van der Waals surface area contributed by atoms with Crippen molar-refractivity contribution < 1.29 is 24.3 Å². The molecule has 16 nitrogen and oxygen atoms in total. The van der Waals surface area contributed by atoms with Gasteiger partial charge in [0.2, 0.25) is 23.7 Å². The first-order valence-electron chi connectivity index (χ1n) is 26.7. The van der Waals surface area contributed by atoms with Crippen LogP contribution in [-0.4, -0.2) is 121 Å². The van der Waals surface area contributed by atoms with Gasteiger partial charge in [0.15, 0.2) is 0 Å². The zero-order valence-corrected chi connectivity index (χ0v) is 45.4. The molecule has 0 spiro atoms. The second-order valence-electron chi connectivity index (χ2n) is 21.2. The van der Waals surface area contributed by atoms with E-state index in [-0.39, 0.29) is 36.6 Å². The van der Waals surface area contributed by atoms with Gasteiger partial charge in [0.1, 0.15) is 6.04 Å². The molecule has 5 heterocycles. The standard InChI is InChI=1S/C59H73N11O5S/c1-40-15-24-47(33-50(40)67-58-62-28-25-49(66-58)46-13-12-26-60-36-46)65-55(73)45-22-18-43(19-23-45)37-68-29-31-69(32-30-68)52(72)14-10-8-6-7-9-11-27-61-54(59(3,4)5)57(75)70-38-48(71)34-51(70)56(74)63-35-42-16-20-44(21-17-42)53-41(2)64-39-76-53/h12-13,15-26,28,33,36,39,48,51,54,61,71H,6-11,14,27,29-32,34-35,37-38H2,1-5H3,(H,63,74)(H,65,73)(H,62,66,67). The fourth-order valence-corrected chi connectivity index (χ4v) is 10.6. The summed E-state index contributed by atoms with van der Waals surface area (Å²) >= 11 is 1.60. The van der Waals surface area contributed by atoms with Gasteiger partial charge in [-0.2, -0.15) is 0 Å². The molecule has 2 aliphatic heterocycles. The Kier molecular flexibility index (Phi) is 19.1. The Labute approximate surface area is 451 Å². The summed E-state index contributed by atoms with van der Waals surface area (Å²) in [6, 6.07) is 25.9. The van der Waals surface area contributed by atoms with Gasteiger partial charge < -0.3 is 36.2 Å². The number of aliphatic hydroxyl groups is 1. The molecular formula is C59H73N11O5S. The molecular weight excluding hydrogens is 975 g/mol. The maximum Gasteiger partial charge on any atom is 0.255 e. The first-order valence-corrected chi connectivity index (χ1v) is 27.6. The Morgan fingerprint density at radius 1 is 0.816 bits per heavy atom. The molecule has 5 N–H and O–H groups in total. The van der Waals surface area contributed by atoms with Crippen LogP contribution >= 0.6 is 11.3 Å². The maximum absolute atomic E-state index is 14.1. The van der Waals surface area contributed by atoms with E-state index in [2.05, 4.69) is 46.1 Å². The number of hydrogen-bond donors (Lipinski definition) is 5. The Hall–Kier alpha value is -6.92. The van der Waals surface area contributed by atoms with Gasteiger partial charge in [0.05, 0.1) is 33.9 Å². The van der Waals surface area contributed by atoms with Gasteiger partial charge in [-0.25, -0.2) is 15.0 Å². The smallest absolute Gasteiger partial charge is 0.255 e. The number of carbonyl (C=O) groups excluding carboxylic acids is 4. The largest absolute Gasteiger partial charge is 0.391 e. The fourth-order valence-electron chi connectivity index (χ4n) is 9.84. The minimum atomic E-state index is -0.758. The van der Waals surface area contributed by atoms with Crippen LogP contribution in [0.3, 0.4) is 0 Å². The van der Waals surface area contributed by atoms with E-state index in [0.717, 1.165) is 108 Å². The van der Waals surface area contributed by atoms with Gasteiger partial charge in [0, 0.05) is 99.7 Å². The lowest BCUT2D eigenvalue weighted by atomic mass is 9.85. The zero-order valence-electron chi connectivity index (χ0n) is 44.6. The molecule has 6 aromatic rings. The van der Waals surface area contributed by atoms with Crippen LogP contribution in [0, 0.1) is 19.3 Å². The van der Waals surface area contributed by atoms with Gasteiger partial charge in [-0.15, -0.1) is 11.3 Å². The molecule has 4 amide bonds. The Morgan fingerprint density at radius 2 is 1.55 bits per heavy atom. The van der Waals surface area contributed by atoms with Crippen molar-refractivity contribution >= 4 is 52.3 Å². The third kappa shape index (κ3) is 15.1. The molecule has 8 rings (SSSR count). The minimum absolute atomic E-state index is 0.132. The number of likely N-dealkylation sites (tertiary alicyclic amines) is 1. The van der Waals surface area contributed by atoms with Gasteiger partial charge in [0.25, 0.3) is 5.91 Å². The molecule has 3 aromatic carbocycles. The highest BCUT2D eigenvalue weighted by atomic mass is 32.1. The molecule has 3 unspecified atom stereocenters. The van der Waals surface area contributed by atoms with Crippen molar-refractivity contribution in [1.82, 2.24) is 45.3 Å². The van der Waals surface area contributed by atoms with Crippen LogP contribution in [0.2, 0.25) is 0 Å². The number of carbonyl (C=O) groups is 4. The first-order chi connectivity index (χ1) is 36.7. The number of β-amino-alcohol motifs (C(OH)–C–C–N with tert-alkyl or cyclic N) is 1. The number of thiazole rings is 1. The lowest BCUT2D eigenvalue weighted by Gasteiger charge is -2.35. The van der Waals surface area contributed by atoms with Crippen molar-refractivity contribution in [3.8, 4) is 21.7 Å². The van der Waals surface area contributed by atoms with E-state index >= 15 is 0 Å². The fraction of sp³-hybridized carbons (Fsp3) is 0.424. The molecule has 17 heteroatoms.